The number of anilines is 2. The van der Waals surface area contributed by atoms with Gasteiger partial charge in [0.1, 0.15) is 12.3 Å². The van der Waals surface area contributed by atoms with Crippen LogP contribution in [0.25, 0.3) is 0 Å². The number of fused-ring (bicyclic) bond motifs is 1. The minimum Gasteiger partial charge on any atom is -0.326 e. The van der Waals surface area contributed by atoms with Crippen LogP contribution in [0.1, 0.15) is 22.3 Å². The minimum atomic E-state index is -0.690. The second-order valence-electron chi connectivity index (χ2n) is 9.04. The Morgan fingerprint density at radius 3 is 2.59 bits per heavy atom. The van der Waals surface area contributed by atoms with Crippen LogP contribution >= 0.6 is 0 Å². The van der Waals surface area contributed by atoms with Gasteiger partial charge in [0, 0.05) is 36.7 Å². The van der Waals surface area contributed by atoms with E-state index in [-0.39, 0.29) is 11.8 Å². The van der Waals surface area contributed by atoms with Crippen LogP contribution in [0.15, 0.2) is 85.2 Å². The Morgan fingerprint density at radius 2 is 1.81 bits per heavy atom. The smallest absolute Gasteiger partial charge is 0.256 e. The summed E-state index contributed by atoms with van der Waals surface area (Å²) >= 11 is 0. The third kappa shape index (κ3) is 5.13. The lowest BCUT2D eigenvalue weighted by Crippen LogP contribution is -2.51. The van der Waals surface area contributed by atoms with Gasteiger partial charge >= 0.3 is 0 Å². The summed E-state index contributed by atoms with van der Waals surface area (Å²) in [6.07, 6.45) is 5.47. The van der Waals surface area contributed by atoms with Crippen molar-refractivity contribution >= 4 is 29.5 Å². The first-order valence-corrected chi connectivity index (χ1v) is 12.0. The highest BCUT2D eigenvalue weighted by atomic mass is 16.2. The predicted molar refractivity (Wildman–Crippen MR) is 139 cm³/mol. The molecule has 2 heterocycles. The zero-order chi connectivity index (χ0) is 25.8. The van der Waals surface area contributed by atoms with Crippen molar-refractivity contribution in [2.75, 3.05) is 16.8 Å². The van der Waals surface area contributed by atoms with Gasteiger partial charge in [0.2, 0.25) is 5.91 Å². The predicted octanol–water partition coefficient (Wildman–Crippen LogP) is 3.15. The fourth-order valence-electron chi connectivity index (χ4n) is 4.72. The lowest BCUT2D eigenvalue weighted by atomic mass is 9.97. The number of nitrogens with zero attached hydrogens (tertiary/aromatic N) is 3. The molecule has 184 valence electrons. The number of benzene rings is 3. The molecule has 8 nitrogen and oxygen atoms in total. The van der Waals surface area contributed by atoms with Gasteiger partial charge in [-0.15, -0.1) is 0 Å². The number of carbonyl (C=O) groups excluding carboxylic acids is 3. The van der Waals surface area contributed by atoms with Gasteiger partial charge in [0.05, 0.1) is 17.6 Å². The van der Waals surface area contributed by atoms with Crippen LogP contribution in [0.4, 0.5) is 11.4 Å². The molecule has 3 aromatic carbocycles. The van der Waals surface area contributed by atoms with E-state index in [1.165, 1.54) is 0 Å². The van der Waals surface area contributed by atoms with Crippen molar-refractivity contribution in [1.82, 2.24) is 10.4 Å². The summed E-state index contributed by atoms with van der Waals surface area (Å²) in [6, 6.07) is 23.8. The molecule has 2 amide bonds. The largest absolute Gasteiger partial charge is 0.326 e. The Hall–Kier alpha value is -4.74. The standard InChI is InChI=1S/C29H25N5O3/c30-18-23-5-2-6-24(17-23)32-28(36)26-19-31-34-13-12-33(29(37)27(26)34)25-9-7-21(8-10-25)16-22-4-1-3-20(15-22)11-14-35/h1-10,12-15,17,26-27,31H,11,16,19H2,(H,32,36). The molecule has 0 spiro atoms. The van der Waals surface area contributed by atoms with Crippen molar-refractivity contribution in [3.63, 3.8) is 0 Å². The maximum Gasteiger partial charge on any atom is 0.256 e. The molecule has 3 aromatic rings. The van der Waals surface area contributed by atoms with Crippen LogP contribution in [0.2, 0.25) is 0 Å². The monoisotopic (exact) mass is 491 g/mol. The molecule has 0 radical (unpaired) electrons. The van der Waals surface area contributed by atoms with E-state index in [1.807, 2.05) is 48.5 Å². The molecule has 0 aliphatic carbocycles. The SMILES string of the molecule is N#Cc1cccc(NC(=O)C2CNN3C=CN(c4ccc(Cc5cccc(CC=O)c5)cc4)C(=O)C23)c1. The molecule has 5 rings (SSSR count). The molecule has 2 aliphatic heterocycles. The number of rotatable bonds is 7. The highest BCUT2D eigenvalue weighted by molar-refractivity contribution is 6.05. The molecule has 0 bridgehead atoms. The Balaban J connectivity index is 1.28. The average molecular weight is 492 g/mol. The number of nitrogens with one attached hydrogen (secondary N) is 2. The van der Waals surface area contributed by atoms with Gasteiger partial charge < -0.3 is 15.1 Å². The Labute approximate surface area is 214 Å². The molecular formula is C29H25N5O3. The normalized spacial score (nSPS) is 18.3. The molecule has 0 aromatic heterocycles. The van der Waals surface area contributed by atoms with E-state index < -0.39 is 12.0 Å². The summed E-state index contributed by atoms with van der Waals surface area (Å²) in [5.74, 6) is -1.10. The molecule has 2 aliphatic rings. The molecule has 2 unspecified atom stereocenters. The third-order valence-corrected chi connectivity index (χ3v) is 6.57. The lowest BCUT2D eigenvalue weighted by molar-refractivity contribution is -0.128. The first-order valence-electron chi connectivity index (χ1n) is 12.0. The maximum absolute atomic E-state index is 13.5. The molecule has 2 N–H and O–H groups in total. The van der Waals surface area contributed by atoms with E-state index in [1.54, 1.807) is 46.6 Å². The third-order valence-electron chi connectivity index (χ3n) is 6.57. The van der Waals surface area contributed by atoms with Crippen LogP contribution in [0, 0.1) is 17.2 Å². The van der Waals surface area contributed by atoms with Crippen molar-refractivity contribution < 1.29 is 14.4 Å². The fraction of sp³-hybridized carbons (Fsp3) is 0.172. The molecular weight excluding hydrogens is 466 g/mol. The quantitative estimate of drug-likeness (QED) is 0.492. The summed E-state index contributed by atoms with van der Waals surface area (Å²) in [5, 5.41) is 13.6. The summed E-state index contributed by atoms with van der Waals surface area (Å²) in [4.78, 5) is 38.9. The van der Waals surface area contributed by atoms with Gasteiger partial charge in [0.25, 0.3) is 5.91 Å². The second kappa shape index (κ2) is 10.5. The summed E-state index contributed by atoms with van der Waals surface area (Å²) in [7, 11) is 0. The van der Waals surface area contributed by atoms with Gasteiger partial charge in [-0.05, 0) is 53.4 Å². The number of aldehydes is 1. The molecule has 1 fully saturated rings. The van der Waals surface area contributed by atoms with Gasteiger partial charge in [-0.1, -0.05) is 42.5 Å². The zero-order valence-electron chi connectivity index (χ0n) is 20.0. The Kier molecular flexibility index (Phi) is 6.79. The van der Waals surface area contributed by atoms with Crippen LogP contribution in [0.5, 0.6) is 0 Å². The first-order chi connectivity index (χ1) is 18.1. The van der Waals surface area contributed by atoms with Gasteiger partial charge in [-0.2, -0.15) is 5.26 Å². The summed E-state index contributed by atoms with van der Waals surface area (Å²) < 4.78 is 0. The number of carbonyl (C=O) groups is 3. The number of amides is 2. The minimum absolute atomic E-state index is 0.201. The summed E-state index contributed by atoms with van der Waals surface area (Å²) in [6.45, 7) is 0.320. The van der Waals surface area contributed by atoms with Crippen molar-refractivity contribution in [2.45, 2.75) is 18.9 Å². The molecule has 2 atom stereocenters. The van der Waals surface area contributed by atoms with Crippen molar-refractivity contribution in [3.8, 4) is 6.07 Å². The number of nitriles is 1. The van der Waals surface area contributed by atoms with E-state index in [0.717, 1.165) is 23.0 Å². The Morgan fingerprint density at radius 1 is 1.03 bits per heavy atom. The highest BCUT2D eigenvalue weighted by Gasteiger charge is 2.46. The molecule has 1 saturated heterocycles. The van der Waals surface area contributed by atoms with Crippen molar-refractivity contribution in [2.24, 2.45) is 5.92 Å². The van der Waals surface area contributed by atoms with Gasteiger partial charge in [0.15, 0.2) is 0 Å². The number of hydrogen-bond acceptors (Lipinski definition) is 6. The molecule has 37 heavy (non-hydrogen) atoms. The zero-order valence-corrected chi connectivity index (χ0v) is 20.0. The second-order valence-corrected chi connectivity index (χ2v) is 9.04. The maximum atomic E-state index is 13.5. The number of hydrazine groups is 1. The average Bonchev–Trinajstić information content (AvgIpc) is 3.35. The van der Waals surface area contributed by atoms with Crippen LogP contribution in [0.3, 0.4) is 0 Å². The van der Waals surface area contributed by atoms with E-state index in [0.29, 0.717) is 36.3 Å². The van der Waals surface area contributed by atoms with E-state index in [4.69, 9.17) is 5.26 Å². The molecule has 0 saturated carbocycles. The van der Waals surface area contributed by atoms with E-state index in [2.05, 4.69) is 16.8 Å². The van der Waals surface area contributed by atoms with E-state index in [9.17, 15) is 14.4 Å². The molecule has 8 heteroatoms. The van der Waals surface area contributed by atoms with Gasteiger partial charge in [-0.3, -0.25) is 14.5 Å². The highest BCUT2D eigenvalue weighted by Crippen LogP contribution is 2.28. The Bertz CT molecular complexity index is 1410. The van der Waals surface area contributed by atoms with Crippen LogP contribution in [-0.4, -0.2) is 35.7 Å². The van der Waals surface area contributed by atoms with E-state index >= 15 is 0 Å². The van der Waals surface area contributed by atoms with Crippen LogP contribution < -0.4 is 15.6 Å². The lowest BCUT2D eigenvalue weighted by Gasteiger charge is -2.33. The topological polar surface area (TPSA) is 106 Å². The number of hydrogen-bond donors (Lipinski definition) is 2. The van der Waals surface area contributed by atoms with Crippen LogP contribution in [-0.2, 0) is 27.2 Å². The first kappa shape index (κ1) is 24.0. The fourth-order valence-corrected chi connectivity index (χ4v) is 4.72. The summed E-state index contributed by atoms with van der Waals surface area (Å²) in [5.41, 5.74) is 7.98. The van der Waals surface area contributed by atoms with Crippen molar-refractivity contribution in [1.29, 1.82) is 5.26 Å². The van der Waals surface area contributed by atoms with Crippen molar-refractivity contribution in [3.05, 3.63) is 107 Å². The van der Waals surface area contributed by atoms with Gasteiger partial charge in [-0.25, -0.2) is 5.43 Å².